The summed E-state index contributed by atoms with van der Waals surface area (Å²) in [6.45, 7) is 0. The van der Waals surface area contributed by atoms with E-state index >= 15 is 0 Å². The molecule has 0 unspecified atom stereocenters. The zero-order valence-corrected chi connectivity index (χ0v) is 12.9. The molecule has 0 aliphatic rings. The first-order chi connectivity index (χ1) is 11.0. The molecule has 0 atom stereocenters. The highest BCUT2D eigenvalue weighted by atomic mass is 35.5. The standard InChI is InChI=1S/C15H9Cl2F2N3O/c16-13(17)15(23)21-14-12(8-4-5-9(18)10(19)7-8)20-11-3-1-2-6-22(11)14/h1-7,13H,(H,21,23). The number of hydrogen-bond acceptors (Lipinski definition) is 2. The molecule has 3 aromatic rings. The molecule has 3 rings (SSSR count). The third-order valence-electron chi connectivity index (χ3n) is 3.16. The number of nitrogens with zero attached hydrogens (tertiary/aromatic N) is 2. The number of imidazole rings is 1. The first kappa shape index (κ1) is 15.7. The fourth-order valence-corrected chi connectivity index (χ4v) is 2.24. The van der Waals surface area contributed by atoms with E-state index in [9.17, 15) is 13.6 Å². The molecular formula is C15H9Cl2F2N3O. The maximum atomic E-state index is 13.5. The quantitative estimate of drug-likeness (QED) is 0.721. The van der Waals surface area contributed by atoms with Gasteiger partial charge >= 0.3 is 0 Å². The Hall–Kier alpha value is -2.18. The van der Waals surface area contributed by atoms with Crippen LogP contribution in [0.5, 0.6) is 0 Å². The number of pyridine rings is 1. The number of rotatable bonds is 3. The van der Waals surface area contributed by atoms with Gasteiger partial charge in [0, 0.05) is 11.8 Å². The number of anilines is 1. The zero-order chi connectivity index (χ0) is 16.6. The minimum Gasteiger partial charge on any atom is -0.308 e. The van der Waals surface area contributed by atoms with E-state index in [-0.39, 0.29) is 11.5 Å². The molecule has 0 fully saturated rings. The number of aromatic nitrogens is 2. The Morgan fingerprint density at radius 3 is 2.65 bits per heavy atom. The summed E-state index contributed by atoms with van der Waals surface area (Å²) >= 11 is 11.1. The van der Waals surface area contributed by atoms with E-state index in [2.05, 4.69) is 10.3 Å². The number of carbonyl (C=O) groups excluding carboxylic acids is 1. The van der Waals surface area contributed by atoms with Gasteiger partial charge in [0.05, 0.1) is 0 Å². The Labute approximate surface area is 139 Å². The molecule has 4 nitrogen and oxygen atoms in total. The smallest absolute Gasteiger partial charge is 0.258 e. The second-order valence-corrected chi connectivity index (χ2v) is 5.75. The monoisotopic (exact) mass is 355 g/mol. The summed E-state index contributed by atoms with van der Waals surface area (Å²) < 4.78 is 28.2. The Morgan fingerprint density at radius 2 is 1.96 bits per heavy atom. The van der Waals surface area contributed by atoms with Crippen LogP contribution in [-0.4, -0.2) is 20.1 Å². The fourth-order valence-electron chi connectivity index (χ4n) is 2.13. The second-order valence-electron chi connectivity index (χ2n) is 4.66. The van der Waals surface area contributed by atoms with Crippen LogP contribution in [0, 0.1) is 11.6 Å². The molecule has 2 aromatic heterocycles. The van der Waals surface area contributed by atoms with Crippen molar-refractivity contribution in [1.29, 1.82) is 0 Å². The molecule has 0 spiro atoms. The van der Waals surface area contributed by atoms with Gasteiger partial charge in [0.15, 0.2) is 16.5 Å². The third kappa shape index (κ3) is 3.00. The van der Waals surface area contributed by atoms with Gasteiger partial charge in [-0.2, -0.15) is 0 Å². The second kappa shape index (κ2) is 6.14. The van der Waals surface area contributed by atoms with Crippen molar-refractivity contribution in [1.82, 2.24) is 9.38 Å². The molecule has 1 amide bonds. The lowest BCUT2D eigenvalue weighted by Crippen LogP contribution is -2.20. The topological polar surface area (TPSA) is 46.4 Å². The molecule has 1 aromatic carbocycles. The van der Waals surface area contributed by atoms with E-state index in [4.69, 9.17) is 23.2 Å². The lowest BCUT2D eigenvalue weighted by atomic mass is 10.1. The lowest BCUT2D eigenvalue weighted by molar-refractivity contribution is -0.114. The van der Waals surface area contributed by atoms with Crippen molar-refractivity contribution in [2.24, 2.45) is 0 Å². The molecule has 0 saturated carbocycles. The van der Waals surface area contributed by atoms with Crippen LogP contribution in [-0.2, 0) is 4.79 Å². The van der Waals surface area contributed by atoms with Crippen molar-refractivity contribution in [3.05, 3.63) is 54.2 Å². The maximum Gasteiger partial charge on any atom is 0.258 e. The summed E-state index contributed by atoms with van der Waals surface area (Å²) in [5.41, 5.74) is 1.10. The molecule has 0 bridgehead atoms. The predicted molar refractivity (Wildman–Crippen MR) is 84.7 cm³/mol. The van der Waals surface area contributed by atoms with Crippen LogP contribution in [0.3, 0.4) is 0 Å². The maximum absolute atomic E-state index is 13.5. The number of benzene rings is 1. The number of fused-ring (bicyclic) bond motifs is 1. The van der Waals surface area contributed by atoms with Crippen molar-refractivity contribution >= 4 is 40.6 Å². The van der Waals surface area contributed by atoms with Crippen molar-refractivity contribution in [2.45, 2.75) is 4.84 Å². The van der Waals surface area contributed by atoms with Gasteiger partial charge < -0.3 is 5.32 Å². The first-order valence-corrected chi connectivity index (χ1v) is 7.36. The van der Waals surface area contributed by atoms with Gasteiger partial charge in [-0.3, -0.25) is 9.20 Å². The minimum absolute atomic E-state index is 0.267. The molecule has 0 radical (unpaired) electrons. The zero-order valence-electron chi connectivity index (χ0n) is 11.4. The summed E-state index contributed by atoms with van der Waals surface area (Å²) in [6.07, 6.45) is 1.67. The molecular weight excluding hydrogens is 347 g/mol. The molecule has 1 N–H and O–H groups in total. The Balaban J connectivity index is 2.18. The van der Waals surface area contributed by atoms with Gasteiger partial charge in [-0.1, -0.05) is 29.3 Å². The van der Waals surface area contributed by atoms with Crippen LogP contribution in [0.15, 0.2) is 42.6 Å². The van der Waals surface area contributed by atoms with E-state index in [0.717, 1.165) is 12.1 Å². The summed E-state index contributed by atoms with van der Waals surface area (Å²) in [4.78, 5) is 14.9. The van der Waals surface area contributed by atoms with Crippen LogP contribution in [0.1, 0.15) is 0 Å². The Morgan fingerprint density at radius 1 is 1.17 bits per heavy atom. The summed E-state index contributed by atoms with van der Waals surface area (Å²) in [5, 5.41) is 2.55. The highest BCUT2D eigenvalue weighted by Crippen LogP contribution is 2.30. The number of nitrogens with one attached hydrogen (secondary N) is 1. The molecule has 2 heterocycles. The molecule has 118 valence electrons. The van der Waals surface area contributed by atoms with E-state index in [1.54, 1.807) is 28.8 Å². The Kier molecular flexibility index (Phi) is 4.19. The molecule has 0 saturated heterocycles. The van der Waals surface area contributed by atoms with Gasteiger partial charge in [-0.25, -0.2) is 13.8 Å². The van der Waals surface area contributed by atoms with Crippen LogP contribution in [0.25, 0.3) is 16.9 Å². The Bertz CT molecular complexity index is 896. The van der Waals surface area contributed by atoms with E-state index < -0.39 is 22.4 Å². The lowest BCUT2D eigenvalue weighted by Gasteiger charge is -2.08. The first-order valence-electron chi connectivity index (χ1n) is 6.49. The van der Waals surface area contributed by atoms with E-state index in [1.807, 2.05) is 0 Å². The van der Waals surface area contributed by atoms with Crippen LogP contribution in [0.2, 0.25) is 0 Å². The summed E-state index contributed by atoms with van der Waals surface area (Å²) in [6, 6.07) is 8.57. The predicted octanol–water partition coefficient (Wildman–Crippen LogP) is 4.02. The van der Waals surface area contributed by atoms with Crippen LogP contribution in [0.4, 0.5) is 14.6 Å². The summed E-state index contributed by atoms with van der Waals surface area (Å²) in [7, 11) is 0. The molecule has 0 aliphatic heterocycles. The number of carbonyl (C=O) groups is 1. The average Bonchev–Trinajstić information content (AvgIpc) is 2.89. The van der Waals surface area contributed by atoms with Crippen LogP contribution >= 0.6 is 23.2 Å². The van der Waals surface area contributed by atoms with E-state index in [1.165, 1.54) is 6.07 Å². The minimum atomic E-state index is -1.28. The van der Waals surface area contributed by atoms with Gasteiger partial charge in [0.1, 0.15) is 17.2 Å². The van der Waals surface area contributed by atoms with Crippen molar-refractivity contribution in [3.63, 3.8) is 0 Å². The largest absolute Gasteiger partial charge is 0.308 e. The third-order valence-corrected chi connectivity index (χ3v) is 3.56. The fraction of sp³-hybridized carbons (Fsp3) is 0.0667. The van der Waals surface area contributed by atoms with Crippen molar-refractivity contribution < 1.29 is 13.6 Å². The SMILES string of the molecule is O=C(Nc1c(-c2ccc(F)c(F)c2)nc2ccccn12)C(Cl)Cl. The van der Waals surface area contributed by atoms with Crippen molar-refractivity contribution in [3.8, 4) is 11.3 Å². The van der Waals surface area contributed by atoms with Gasteiger partial charge in [0.25, 0.3) is 5.91 Å². The molecule has 0 aliphatic carbocycles. The summed E-state index contributed by atoms with van der Waals surface area (Å²) in [5.74, 6) is -2.36. The molecule has 23 heavy (non-hydrogen) atoms. The number of amides is 1. The molecule has 8 heteroatoms. The number of hydrogen-bond donors (Lipinski definition) is 1. The van der Waals surface area contributed by atoms with E-state index in [0.29, 0.717) is 11.2 Å². The number of alkyl halides is 2. The van der Waals surface area contributed by atoms with Crippen molar-refractivity contribution in [2.75, 3.05) is 5.32 Å². The number of halogens is 4. The van der Waals surface area contributed by atoms with Crippen LogP contribution < -0.4 is 5.32 Å². The normalized spacial score (nSPS) is 11.2. The van der Waals surface area contributed by atoms with Gasteiger partial charge in [0.2, 0.25) is 0 Å². The van der Waals surface area contributed by atoms with Gasteiger partial charge in [-0.05, 0) is 30.3 Å². The highest BCUT2D eigenvalue weighted by Gasteiger charge is 2.20. The highest BCUT2D eigenvalue weighted by molar-refractivity contribution is 6.54. The average molecular weight is 356 g/mol. The van der Waals surface area contributed by atoms with Gasteiger partial charge in [-0.15, -0.1) is 0 Å².